The van der Waals surface area contributed by atoms with Crippen LogP contribution in [0.4, 0.5) is 30.6 Å². The summed E-state index contributed by atoms with van der Waals surface area (Å²) >= 11 is 6.06. The van der Waals surface area contributed by atoms with Crippen molar-refractivity contribution in [1.29, 1.82) is 0 Å². The van der Waals surface area contributed by atoms with E-state index in [4.69, 9.17) is 11.6 Å². The molecule has 0 unspecified atom stereocenters. The summed E-state index contributed by atoms with van der Waals surface area (Å²) in [5, 5.41) is 13.4. The van der Waals surface area contributed by atoms with Crippen LogP contribution in [0.2, 0.25) is 5.02 Å². The second-order valence-electron chi connectivity index (χ2n) is 8.16. The molecule has 1 amide bonds. The van der Waals surface area contributed by atoms with Crippen molar-refractivity contribution in [3.8, 4) is 11.1 Å². The highest BCUT2D eigenvalue weighted by Crippen LogP contribution is 2.30. The molecular formula is C22H23ClF3N7O. The van der Waals surface area contributed by atoms with Gasteiger partial charge >= 0.3 is 12.1 Å². The summed E-state index contributed by atoms with van der Waals surface area (Å²) in [6.07, 6.45) is 2.39. The van der Waals surface area contributed by atoms with Gasteiger partial charge in [0.1, 0.15) is 5.82 Å². The maximum absolute atomic E-state index is 12.5. The SMILES string of the molecule is Cn1cc(-c2cnc(Nc3cccc(Cl)c3)nc2NC2CCC(NC(=O)C(F)(F)F)CC2)cn1. The van der Waals surface area contributed by atoms with Crippen LogP contribution in [-0.4, -0.2) is 43.9 Å². The molecule has 2 aromatic heterocycles. The van der Waals surface area contributed by atoms with Crippen LogP contribution < -0.4 is 16.0 Å². The highest BCUT2D eigenvalue weighted by molar-refractivity contribution is 6.30. The van der Waals surface area contributed by atoms with Crippen molar-refractivity contribution in [1.82, 2.24) is 25.1 Å². The number of halogens is 4. The molecule has 1 aromatic carbocycles. The van der Waals surface area contributed by atoms with Crippen LogP contribution in [0.3, 0.4) is 0 Å². The van der Waals surface area contributed by atoms with Crippen LogP contribution in [0.15, 0.2) is 42.9 Å². The average Bonchev–Trinajstić information content (AvgIpc) is 3.21. The number of hydrogen-bond acceptors (Lipinski definition) is 6. The van der Waals surface area contributed by atoms with E-state index in [1.165, 1.54) is 0 Å². The number of carbonyl (C=O) groups is 1. The largest absolute Gasteiger partial charge is 0.471 e. The second kappa shape index (κ2) is 9.88. The molecule has 0 aliphatic heterocycles. The van der Waals surface area contributed by atoms with E-state index in [0.29, 0.717) is 42.5 Å². The first kappa shape index (κ1) is 23.8. The lowest BCUT2D eigenvalue weighted by atomic mass is 9.91. The van der Waals surface area contributed by atoms with Crippen molar-refractivity contribution in [2.75, 3.05) is 10.6 Å². The molecule has 1 aliphatic rings. The molecule has 3 aromatic rings. The van der Waals surface area contributed by atoms with E-state index in [9.17, 15) is 18.0 Å². The number of nitrogens with zero attached hydrogens (tertiary/aromatic N) is 4. The Balaban J connectivity index is 1.49. The molecule has 0 atom stereocenters. The lowest BCUT2D eigenvalue weighted by molar-refractivity contribution is -0.174. The molecule has 12 heteroatoms. The fourth-order valence-electron chi connectivity index (χ4n) is 3.86. The molecule has 0 spiro atoms. The third-order valence-electron chi connectivity index (χ3n) is 5.55. The van der Waals surface area contributed by atoms with Crippen molar-refractivity contribution in [2.24, 2.45) is 7.05 Å². The third kappa shape index (κ3) is 5.96. The van der Waals surface area contributed by atoms with E-state index >= 15 is 0 Å². The van der Waals surface area contributed by atoms with Crippen LogP contribution in [0.1, 0.15) is 25.7 Å². The van der Waals surface area contributed by atoms with Gasteiger partial charge in [-0.2, -0.15) is 23.3 Å². The molecule has 3 N–H and O–H groups in total. The number of alkyl halides is 3. The Morgan fingerprint density at radius 2 is 1.88 bits per heavy atom. The Morgan fingerprint density at radius 3 is 2.53 bits per heavy atom. The number of hydrogen-bond donors (Lipinski definition) is 3. The van der Waals surface area contributed by atoms with Gasteiger partial charge in [0.25, 0.3) is 0 Å². The van der Waals surface area contributed by atoms with Gasteiger partial charge in [-0.15, -0.1) is 0 Å². The van der Waals surface area contributed by atoms with Gasteiger partial charge in [0.2, 0.25) is 5.95 Å². The van der Waals surface area contributed by atoms with Gasteiger partial charge in [0.05, 0.1) is 6.20 Å². The number of amides is 1. The number of carbonyl (C=O) groups excluding carboxylic acids is 1. The topological polar surface area (TPSA) is 96.8 Å². The molecule has 1 fully saturated rings. The number of benzene rings is 1. The fraction of sp³-hybridized carbons (Fsp3) is 0.364. The summed E-state index contributed by atoms with van der Waals surface area (Å²) in [7, 11) is 1.81. The first-order valence-corrected chi connectivity index (χ1v) is 11.1. The van der Waals surface area contributed by atoms with Crippen molar-refractivity contribution >= 4 is 35.0 Å². The molecule has 8 nitrogen and oxygen atoms in total. The molecule has 1 saturated carbocycles. The minimum absolute atomic E-state index is 0.0246. The van der Waals surface area contributed by atoms with E-state index in [1.54, 1.807) is 29.2 Å². The van der Waals surface area contributed by atoms with Crippen molar-refractivity contribution in [2.45, 2.75) is 43.9 Å². The molecule has 4 rings (SSSR count). The van der Waals surface area contributed by atoms with E-state index in [1.807, 2.05) is 25.4 Å². The maximum atomic E-state index is 12.5. The second-order valence-corrected chi connectivity index (χ2v) is 8.59. The van der Waals surface area contributed by atoms with Gasteiger partial charge in [0, 0.05) is 53.4 Å². The summed E-state index contributed by atoms with van der Waals surface area (Å²) in [6.45, 7) is 0. The summed E-state index contributed by atoms with van der Waals surface area (Å²) in [5.74, 6) is -0.950. The van der Waals surface area contributed by atoms with Crippen LogP contribution >= 0.6 is 11.6 Å². The molecule has 0 radical (unpaired) electrons. The average molecular weight is 494 g/mol. The summed E-state index contributed by atoms with van der Waals surface area (Å²) < 4.78 is 39.3. The lowest BCUT2D eigenvalue weighted by Gasteiger charge is -2.30. The fourth-order valence-corrected chi connectivity index (χ4v) is 4.05. The Kier molecular flexibility index (Phi) is 6.92. The predicted molar refractivity (Wildman–Crippen MR) is 123 cm³/mol. The van der Waals surface area contributed by atoms with Crippen molar-refractivity contribution < 1.29 is 18.0 Å². The molecule has 34 heavy (non-hydrogen) atoms. The van der Waals surface area contributed by atoms with E-state index < -0.39 is 18.1 Å². The Hall–Kier alpha value is -3.34. The van der Waals surface area contributed by atoms with Crippen LogP contribution in [-0.2, 0) is 11.8 Å². The van der Waals surface area contributed by atoms with Gasteiger partial charge in [-0.3, -0.25) is 9.48 Å². The molecule has 0 saturated heterocycles. The number of aryl methyl sites for hydroxylation is 1. The highest BCUT2D eigenvalue weighted by Gasteiger charge is 2.40. The zero-order chi connectivity index (χ0) is 24.3. The maximum Gasteiger partial charge on any atom is 0.471 e. The minimum atomic E-state index is -4.87. The first-order valence-electron chi connectivity index (χ1n) is 10.7. The normalized spacial score (nSPS) is 18.4. The van der Waals surface area contributed by atoms with Crippen LogP contribution in [0.25, 0.3) is 11.1 Å². The van der Waals surface area contributed by atoms with Crippen LogP contribution in [0, 0.1) is 0 Å². The monoisotopic (exact) mass is 493 g/mol. The summed E-state index contributed by atoms with van der Waals surface area (Å²) in [6, 6.07) is 6.64. The number of nitrogens with one attached hydrogen (secondary N) is 3. The number of rotatable bonds is 6. The van der Waals surface area contributed by atoms with Crippen LogP contribution in [0.5, 0.6) is 0 Å². The zero-order valence-corrected chi connectivity index (χ0v) is 19.0. The molecule has 1 aliphatic carbocycles. The standard InChI is InChI=1S/C22H23ClF3N7O/c1-33-12-13(10-28-33)18-11-27-21(31-17-4-2-3-14(23)9-17)32-19(18)29-15-5-7-16(8-6-15)30-20(34)22(24,25)26/h2-4,9-12,15-16H,5-8H2,1H3,(H,30,34)(H2,27,29,31,32). The first-order chi connectivity index (χ1) is 16.2. The van der Waals surface area contributed by atoms with Gasteiger partial charge in [-0.1, -0.05) is 17.7 Å². The molecule has 0 bridgehead atoms. The predicted octanol–water partition coefficient (Wildman–Crippen LogP) is 4.68. The molecule has 2 heterocycles. The Labute approximate surface area is 198 Å². The lowest BCUT2D eigenvalue weighted by Crippen LogP contribution is -2.45. The van der Waals surface area contributed by atoms with Gasteiger partial charge in [-0.05, 0) is 43.9 Å². The van der Waals surface area contributed by atoms with E-state index in [-0.39, 0.29) is 6.04 Å². The van der Waals surface area contributed by atoms with Gasteiger partial charge in [-0.25, -0.2) is 4.98 Å². The Morgan fingerprint density at radius 1 is 1.15 bits per heavy atom. The number of aromatic nitrogens is 4. The van der Waals surface area contributed by atoms with Gasteiger partial charge in [0.15, 0.2) is 0 Å². The van der Waals surface area contributed by atoms with Crippen molar-refractivity contribution in [3.05, 3.63) is 47.9 Å². The summed E-state index contributed by atoms with van der Waals surface area (Å²) in [4.78, 5) is 20.3. The van der Waals surface area contributed by atoms with Gasteiger partial charge < -0.3 is 16.0 Å². The van der Waals surface area contributed by atoms with Crippen molar-refractivity contribution in [3.63, 3.8) is 0 Å². The molecule has 180 valence electrons. The van der Waals surface area contributed by atoms with E-state index in [0.717, 1.165) is 16.8 Å². The Bertz CT molecular complexity index is 1160. The number of anilines is 3. The minimum Gasteiger partial charge on any atom is -0.367 e. The molecular weight excluding hydrogens is 471 g/mol. The van der Waals surface area contributed by atoms with E-state index in [2.05, 4.69) is 31.0 Å². The smallest absolute Gasteiger partial charge is 0.367 e. The quantitative estimate of drug-likeness (QED) is 0.461. The highest BCUT2D eigenvalue weighted by atomic mass is 35.5. The summed E-state index contributed by atoms with van der Waals surface area (Å²) in [5.41, 5.74) is 2.30. The third-order valence-corrected chi connectivity index (χ3v) is 5.78. The zero-order valence-electron chi connectivity index (χ0n) is 18.2.